The molecule has 0 spiro atoms. The van der Waals surface area contributed by atoms with Crippen LogP contribution >= 0.6 is 12.2 Å². The van der Waals surface area contributed by atoms with Gasteiger partial charge in [-0.15, -0.1) is 4.40 Å². The summed E-state index contributed by atoms with van der Waals surface area (Å²) in [6, 6.07) is 0. The average molecular weight is 241 g/mol. The summed E-state index contributed by atoms with van der Waals surface area (Å²) in [4.78, 5) is 0. The van der Waals surface area contributed by atoms with Gasteiger partial charge < -0.3 is 0 Å². The lowest BCUT2D eigenvalue weighted by molar-refractivity contribution is 0.584. The second-order valence-corrected chi connectivity index (χ2v) is 7.01. The zero-order chi connectivity index (χ0) is 10.1. The van der Waals surface area contributed by atoms with E-state index in [1.165, 1.54) is 0 Å². The maximum atomic E-state index is 11.2. The van der Waals surface area contributed by atoms with Crippen LogP contribution in [0, 0.1) is 0 Å². The van der Waals surface area contributed by atoms with Crippen LogP contribution in [0.15, 0.2) is 4.40 Å². The Labute approximate surface area is 81.8 Å². The number of sulfone groups is 1. The standard InChI is InChI=1S/C5H7NO4S3/c7-12(8)2-1-5(3-12)13(9,10)6-4-11/h5H,1-3H2. The smallest absolute Gasteiger partial charge is 0.229 e. The third-order valence-electron chi connectivity index (χ3n) is 1.78. The third kappa shape index (κ3) is 2.57. The van der Waals surface area contributed by atoms with E-state index < -0.39 is 25.1 Å². The summed E-state index contributed by atoms with van der Waals surface area (Å²) < 4.78 is 47.2. The molecule has 5 nitrogen and oxygen atoms in total. The molecule has 1 rings (SSSR count). The molecule has 0 aromatic rings. The molecule has 13 heavy (non-hydrogen) atoms. The van der Waals surface area contributed by atoms with Gasteiger partial charge in [-0.1, -0.05) is 0 Å². The van der Waals surface area contributed by atoms with Crippen molar-refractivity contribution in [2.45, 2.75) is 11.7 Å². The summed E-state index contributed by atoms with van der Waals surface area (Å²) in [6.45, 7) is 0. The first-order valence-electron chi connectivity index (χ1n) is 3.41. The fourth-order valence-corrected chi connectivity index (χ4v) is 5.11. The topological polar surface area (TPSA) is 80.6 Å². The van der Waals surface area contributed by atoms with Crippen molar-refractivity contribution in [1.29, 1.82) is 0 Å². The highest BCUT2D eigenvalue weighted by molar-refractivity contribution is 7.96. The van der Waals surface area contributed by atoms with E-state index >= 15 is 0 Å². The summed E-state index contributed by atoms with van der Waals surface area (Å²) in [6.07, 6.45) is 0.102. The first-order chi connectivity index (χ1) is 5.87. The fourth-order valence-electron chi connectivity index (χ4n) is 1.12. The van der Waals surface area contributed by atoms with Crippen LogP contribution in [0.4, 0.5) is 0 Å². The van der Waals surface area contributed by atoms with Crippen LogP contribution in [-0.4, -0.2) is 38.8 Å². The molecule has 74 valence electrons. The molecule has 0 aliphatic carbocycles. The number of sulfonamides is 1. The van der Waals surface area contributed by atoms with Crippen molar-refractivity contribution in [3.05, 3.63) is 0 Å². The Morgan fingerprint density at radius 3 is 2.46 bits per heavy atom. The minimum Gasteiger partial charge on any atom is -0.229 e. The van der Waals surface area contributed by atoms with E-state index in [0.717, 1.165) is 0 Å². The van der Waals surface area contributed by atoms with Gasteiger partial charge in [-0.3, -0.25) is 0 Å². The SMILES string of the molecule is O=S1(=O)CCC(S(=O)(=O)N=C=S)C1. The zero-order valence-electron chi connectivity index (χ0n) is 6.50. The molecule has 0 amide bonds. The molecule has 0 radical (unpaired) electrons. The number of rotatable bonds is 2. The quantitative estimate of drug-likeness (QED) is 0.485. The summed E-state index contributed by atoms with van der Waals surface area (Å²) in [5.41, 5.74) is 0. The van der Waals surface area contributed by atoms with E-state index in [-0.39, 0.29) is 17.9 Å². The highest BCUT2D eigenvalue weighted by atomic mass is 32.2. The molecule has 0 aromatic heterocycles. The number of hydrogen-bond acceptors (Lipinski definition) is 5. The first kappa shape index (κ1) is 10.8. The molecular formula is C5H7NO4S3. The van der Waals surface area contributed by atoms with Gasteiger partial charge in [0.15, 0.2) is 9.84 Å². The lowest BCUT2D eigenvalue weighted by atomic mass is 10.4. The number of nitrogens with zero attached hydrogens (tertiary/aromatic N) is 1. The van der Waals surface area contributed by atoms with E-state index in [4.69, 9.17) is 0 Å². The largest absolute Gasteiger partial charge is 0.265 e. The van der Waals surface area contributed by atoms with Crippen molar-refractivity contribution in [2.24, 2.45) is 4.40 Å². The van der Waals surface area contributed by atoms with Crippen molar-refractivity contribution in [1.82, 2.24) is 0 Å². The molecule has 1 atom stereocenters. The van der Waals surface area contributed by atoms with Gasteiger partial charge in [0.1, 0.15) is 0 Å². The van der Waals surface area contributed by atoms with Crippen LogP contribution in [-0.2, 0) is 19.9 Å². The molecule has 1 fully saturated rings. The summed E-state index contributed by atoms with van der Waals surface area (Å²) in [5.74, 6) is -0.445. The van der Waals surface area contributed by atoms with Gasteiger partial charge in [0, 0.05) is 0 Å². The third-order valence-corrected chi connectivity index (χ3v) is 5.55. The van der Waals surface area contributed by atoms with Gasteiger partial charge in [0.05, 0.1) is 21.9 Å². The first-order valence-corrected chi connectivity index (χ1v) is 7.14. The monoisotopic (exact) mass is 241 g/mol. The maximum Gasteiger partial charge on any atom is 0.265 e. The second-order valence-electron chi connectivity index (χ2n) is 2.72. The molecule has 0 bridgehead atoms. The van der Waals surface area contributed by atoms with Crippen LogP contribution in [0.1, 0.15) is 6.42 Å². The molecule has 1 heterocycles. The van der Waals surface area contributed by atoms with E-state index in [0.29, 0.717) is 0 Å². The summed E-state index contributed by atoms with van der Waals surface area (Å²) in [5, 5.41) is 0.801. The van der Waals surface area contributed by atoms with E-state index in [1.54, 1.807) is 5.16 Å². The predicted molar refractivity (Wildman–Crippen MR) is 51.0 cm³/mol. The van der Waals surface area contributed by atoms with Gasteiger partial charge in [0.2, 0.25) is 0 Å². The van der Waals surface area contributed by atoms with Crippen molar-refractivity contribution in [3.63, 3.8) is 0 Å². The Morgan fingerprint density at radius 1 is 1.46 bits per heavy atom. The number of hydrogen-bond donors (Lipinski definition) is 0. The Hall–Kier alpha value is -0.300. The molecule has 0 aromatic carbocycles. The van der Waals surface area contributed by atoms with Crippen molar-refractivity contribution in [2.75, 3.05) is 11.5 Å². The van der Waals surface area contributed by atoms with Gasteiger partial charge in [-0.2, -0.15) is 0 Å². The molecule has 1 aliphatic heterocycles. The van der Waals surface area contributed by atoms with Crippen LogP contribution in [0.2, 0.25) is 0 Å². The lowest BCUT2D eigenvalue weighted by Crippen LogP contribution is -2.20. The molecule has 1 unspecified atom stereocenters. The molecule has 1 aliphatic rings. The Kier molecular flexibility index (Phi) is 2.86. The minimum absolute atomic E-state index is 0.0934. The van der Waals surface area contributed by atoms with E-state index in [2.05, 4.69) is 16.6 Å². The number of isothiocyanates is 1. The van der Waals surface area contributed by atoms with Crippen molar-refractivity contribution in [3.8, 4) is 0 Å². The van der Waals surface area contributed by atoms with E-state index in [9.17, 15) is 16.8 Å². The van der Waals surface area contributed by atoms with E-state index in [1.807, 2.05) is 0 Å². The molecular weight excluding hydrogens is 234 g/mol. The highest BCUT2D eigenvalue weighted by Gasteiger charge is 2.36. The normalized spacial score (nSPS) is 26.6. The van der Waals surface area contributed by atoms with Crippen molar-refractivity contribution < 1.29 is 16.8 Å². The number of thiocarbonyl (C=S) groups is 1. The fraction of sp³-hybridized carbons (Fsp3) is 0.800. The molecule has 8 heteroatoms. The Balaban J connectivity index is 2.96. The van der Waals surface area contributed by atoms with Crippen LogP contribution < -0.4 is 0 Å². The molecule has 0 saturated carbocycles. The van der Waals surface area contributed by atoms with Crippen LogP contribution in [0.3, 0.4) is 0 Å². The van der Waals surface area contributed by atoms with Crippen LogP contribution in [0.25, 0.3) is 0 Å². The molecule has 0 N–H and O–H groups in total. The predicted octanol–water partition coefficient (Wildman–Crippen LogP) is -0.394. The van der Waals surface area contributed by atoms with Gasteiger partial charge >= 0.3 is 0 Å². The second kappa shape index (κ2) is 3.45. The zero-order valence-corrected chi connectivity index (χ0v) is 8.95. The molecule has 1 saturated heterocycles. The lowest BCUT2D eigenvalue weighted by Gasteiger charge is -2.01. The summed E-state index contributed by atoms with van der Waals surface area (Å²) in [7, 11) is -6.95. The van der Waals surface area contributed by atoms with Gasteiger partial charge in [0.25, 0.3) is 10.0 Å². The average Bonchev–Trinajstić information content (AvgIpc) is 2.30. The Morgan fingerprint density at radius 2 is 2.08 bits per heavy atom. The summed E-state index contributed by atoms with van der Waals surface area (Å²) >= 11 is 4.15. The van der Waals surface area contributed by atoms with Crippen molar-refractivity contribution >= 4 is 37.2 Å². The van der Waals surface area contributed by atoms with Gasteiger partial charge in [-0.25, -0.2) is 16.8 Å². The Bertz CT molecular complexity index is 442. The highest BCUT2D eigenvalue weighted by Crippen LogP contribution is 2.19. The maximum absolute atomic E-state index is 11.2. The minimum atomic E-state index is -3.75. The van der Waals surface area contributed by atoms with Gasteiger partial charge in [-0.05, 0) is 18.6 Å². The van der Waals surface area contributed by atoms with Crippen LogP contribution in [0.5, 0.6) is 0 Å².